The molecule has 0 aromatic heterocycles. The van der Waals surface area contributed by atoms with Gasteiger partial charge in [-0.1, -0.05) is 16.8 Å². The average molecular weight is 597 g/mol. The number of ether oxygens (including phenoxy) is 1. The van der Waals surface area contributed by atoms with Gasteiger partial charge in [-0.2, -0.15) is 18.2 Å². The molecule has 0 saturated carbocycles. The topological polar surface area (TPSA) is 88.0 Å². The molecule has 8 nitrogen and oxygen atoms in total. The number of fused-ring (bicyclic) bond motifs is 3. The molecule has 2 saturated heterocycles. The molecule has 3 atom stereocenters. The van der Waals surface area contributed by atoms with Crippen LogP contribution in [-0.4, -0.2) is 71.9 Å². The summed E-state index contributed by atoms with van der Waals surface area (Å²) in [6, 6.07) is 1.89. The summed E-state index contributed by atoms with van der Waals surface area (Å²) in [4.78, 5) is 11.8. The number of allylic oxidation sites excluding steroid dienone is 2. The summed E-state index contributed by atoms with van der Waals surface area (Å²) < 4.78 is 80.0. The van der Waals surface area contributed by atoms with E-state index in [1.165, 1.54) is 0 Å². The van der Waals surface area contributed by atoms with Gasteiger partial charge in [-0.25, -0.2) is 8.78 Å². The van der Waals surface area contributed by atoms with Crippen LogP contribution in [0.5, 0.6) is 0 Å². The molecule has 7 rings (SSSR count). The molecule has 5 aliphatic heterocycles. The summed E-state index contributed by atoms with van der Waals surface area (Å²) in [5.74, 6) is -1.66. The van der Waals surface area contributed by atoms with Gasteiger partial charge in [0.25, 0.3) is 0 Å². The Labute approximate surface area is 237 Å². The molecule has 41 heavy (non-hydrogen) atoms. The fraction of sp³-hybridized carbons (Fsp3) is 0.519. The Bertz CT molecular complexity index is 1490. The van der Waals surface area contributed by atoms with Crippen LogP contribution in [-0.2, 0) is 15.8 Å². The number of hydrazone groups is 1. The highest BCUT2D eigenvalue weighted by Crippen LogP contribution is 2.48. The number of nitrogen functional groups attached to an aromatic ring is 1. The Kier molecular flexibility index (Phi) is 6.13. The Balaban J connectivity index is 1.36. The van der Waals surface area contributed by atoms with Crippen molar-refractivity contribution in [3.8, 4) is 0 Å². The van der Waals surface area contributed by atoms with E-state index < -0.39 is 51.4 Å². The number of halogens is 6. The fourth-order valence-electron chi connectivity index (χ4n) is 7.07. The van der Waals surface area contributed by atoms with Crippen molar-refractivity contribution in [3.05, 3.63) is 45.4 Å². The number of anilines is 1. The fourth-order valence-corrected chi connectivity index (χ4v) is 7.41. The van der Waals surface area contributed by atoms with Crippen molar-refractivity contribution in [1.82, 2.24) is 9.91 Å². The molecule has 6 aliphatic rings. The van der Waals surface area contributed by atoms with Crippen molar-refractivity contribution in [1.29, 1.82) is 0 Å². The number of nitrogens with zero attached hydrogens (tertiary/aromatic N) is 5. The van der Waals surface area contributed by atoms with Crippen LogP contribution < -0.4 is 5.73 Å². The summed E-state index contributed by atoms with van der Waals surface area (Å²) >= 11 is 6.04. The molecule has 5 heterocycles. The number of alkyl halides is 4. The zero-order valence-electron chi connectivity index (χ0n) is 21.8. The van der Waals surface area contributed by atoms with E-state index in [-0.39, 0.29) is 36.3 Å². The summed E-state index contributed by atoms with van der Waals surface area (Å²) in [6.45, 7) is 1.68. The van der Waals surface area contributed by atoms with Gasteiger partial charge in [-0.05, 0) is 49.9 Å². The molecule has 0 amide bonds. The number of rotatable bonds is 3. The molecule has 1 aromatic rings. The predicted molar refractivity (Wildman–Crippen MR) is 143 cm³/mol. The highest BCUT2D eigenvalue weighted by atomic mass is 35.5. The molecular weight excluding hydrogens is 571 g/mol. The first kappa shape index (κ1) is 26.7. The first-order valence-corrected chi connectivity index (χ1v) is 13.9. The van der Waals surface area contributed by atoms with Crippen molar-refractivity contribution >= 4 is 40.3 Å². The van der Waals surface area contributed by atoms with Crippen molar-refractivity contribution in [2.75, 3.05) is 38.6 Å². The summed E-state index contributed by atoms with van der Waals surface area (Å²) in [5.41, 5.74) is 4.04. The molecule has 2 fully saturated rings. The van der Waals surface area contributed by atoms with E-state index in [0.29, 0.717) is 38.0 Å². The number of benzene rings is 1. The highest BCUT2D eigenvalue weighted by Gasteiger charge is 2.50. The minimum absolute atomic E-state index is 0.0130. The normalized spacial score (nSPS) is 29.4. The number of hydrogen-bond donors (Lipinski definition) is 1. The molecule has 1 aromatic carbocycles. The van der Waals surface area contributed by atoms with E-state index in [2.05, 4.69) is 20.1 Å². The lowest BCUT2D eigenvalue weighted by Crippen LogP contribution is -2.43. The lowest BCUT2D eigenvalue weighted by atomic mass is 9.84. The number of hydrogen-bond acceptors (Lipinski definition) is 8. The third-order valence-electron chi connectivity index (χ3n) is 8.75. The quantitative estimate of drug-likeness (QED) is 0.378. The Morgan fingerprint density at radius 2 is 2.05 bits per heavy atom. The van der Waals surface area contributed by atoms with Crippen molar-refractivity contribution in [3.63, 3.8) is 0 Å². The van der Waals surface area contributed by atoms with Crippen LogP contribution >= 0.6 is 11.6 Å². The first-order chi connectivity index (χ1) is 19.6. The molecule has 0 unspecified atom stereocenters. The predicted octanol–water partition coefficient (Wildman–Crippen LogP) is 5.31. The molecule has 0 bridgehead atoms. The second-order valence-electron chi connectivity index (χ2n) is 11.2. The van der Waals surface area contributed by atoms with Gasteiger partial charge in [0.1, 0.15) is 30.8 Å². The summed E-state index contributed by atoms with van der Waals surface area (Å²) in [6.07, 6.45) is -2.69. The van der Waals surface area contributed by atoms with E-state index in [4.69, 9.17) is 26.9 Å². The Morgan fingerprint density at radius 1 is 1.22 bits per heavy atom. The standard InChI is InChI=1S/C27H26ClF5N6O2/c28-18-8-14(34)7-16(20(18)27(31,32)33)19-21(30)23-24-15(17-11-41-37-22(17)19)3-1-6-39(24)36-25(35-23)40-12-26-4-2-5-38(26)10-13(29)9-26/h7-8,13,17H,1-6,9-12,34H2/t13-,17+,26+/m1/s1. The maximum absolute atomic E-state index is 16.8. The van der Waals surface area contributed by atoms with Gasteiger partial charge in [-0.3, -0.25) is 9.91 Å². The van der Waals surface area contributed by atoms with E-state index in [1.54, 1.807) is 5.01 Å². The van der Waals surface area contributed by atoms with Gasteiger partial charge in [0.05, 0.1) is 27.7 Å². The number of oxime groups is 1. The smallest absolute Gasteiger partial charge is 0.418 e. The largest absolute Gasteiger partial charge is 0.460 e. The zero-order valence-corrected chi connectivity index (χ0v) is 22.5. The summed E-state index contributed by atoms with van der Waals surface area (Å²) in [7, 11) is 0. The molecule has 2 N–H and O–H groups in total. The van der Waals surface area contributed by atoms with Gasteiger partial charge >= 0.3 is 12.2 Å². The Hall–Kier alpha value is -3.19. The number of aliphatic imine (C=N–C) groups is 1. The van der Waals surface area contributed by atoms with Gasteiger partial charge in [-0.15, -0.1) is 5.10 Å². The third-order valence-corrected chi connectivity index (χ3v) is 9.05. The van der Waals surface area contributed by atoms with Crippen LogP contribution in [0.3, 0.4) is 0 Å². The number of nitrogens with two attached hydrogens (primary N) is 1. The van der Waals surface area contributed by atoms with Crippen LogP contribution in [0.15, 0.2) is 44.5 Å². The zero-order chi connectivity index (χ0) is 28.7. The second-order valence-corrected chi connectivity index (χ2v) is 11.7. The molecule has 218 valence electrons. The maximum Gasteiger partial charge on any atom is 0.418 e. The van der Waals surface area contributed by atoms with E-state index in [9.17, 15) is 17.6 Å². The molecular formula is C27H26ClF5N6O2. The highest BCUT2D eigenvalue weighted by molar-refractivity contribution is 6.37. The van der Waals surface area contributed by atoms with Crippen LogP contribution in [0.2, 0.25) is 5.02 Å². The van der Waals surface area contributed by atoms with E-state index in [0.717, 1.165) is 37.1 Å². The second kappa shape index (κ2) is 9.41. The minimum Gasteiger partial charge on any atom is -0.460 e. The van der Waals surface area contributed by atoms with Crippen molar-refractivity contribution in [2.45, 2.75) is 50.0 Å². The van der Waals surface area contributed by atoms with E-state index >= 15 is 4.39 Å². The monoisotopic (exact) mass is 596 g/mol. The number of amidine groups is 1. The van der Waals surface area contributed by atoms with Crippen LogP contribution in [0.1, 0.15) is 43.2 Å². The minimum atomic E-state index is -4.92. The van der Waals surface area contributed by atoms with Gasteiger partial charge in [0.2, 0.25) is 0 Å². The third kappa shape index (κ3) is 4.22. The Morgan fingerprint density at radius 3 is 2.85 bits per heavy atom. The van der Waals surface area contributed by atoms with E-state index in [1.807, 2.05) is 0 Å². The van der Waals surface area contributed by atoms with Gasteiger partial charge in [0.15, 0.2) is 5.83 Å². The lowest BCUT2D eigenvalue weighted by Gasteiger charge is -2.34. The van der Waals surface area contributed by atoms with Gasteiger partial charge in [0, 0.05) is 36.3 Å². The van der Waals surface area contributed by atoms with Gasteiger partial charge < -0.3 is 15.3 Å². The molecule has 14 heteroatoms. The van der Waals surface area contributed by atoms with Crippen LogP contribution in [0, 0.1) is 5.92 Å². The lowest BCUT2D eigenvalue weighted by molar-refractivity contribution is -0.137. The first-order valence-electron chi connectivity index (χ1n) is 13.5. The SMILES string of the molecule is Nc1cc(Cl)c(C(F)(F)F)c(C2=C(F)C3=NC(OC[C@@]45CCCN4C[C@H](F)C5)=NN4CCCC(=C34)[C@@H]3CON=C23)c1. The summed E-state index contributed by atoms with van der Waals surface area (Å²) in [5, 5.41) is 9.47. The van der Waals surface area contributed by atoms with Crippen LogP contribution in [0.4, 0.5) is 27.6 Å². The van der Waals surface area contributed by atoms with Crippen molar-refractivity contribution < 1.29 is 31.5 Å². The molecule has 0 spiro atoms. The maximum atomic E-state index is 16.8. The average Bonchev–Trinajstić information content (AvgIpc) is 3.58. The van der Waals surface area contributed by atoms with Crippen molar-refractivity contribution in [2.24, 2.45) is 21.2 Å². The molecule has 0 radical (unpaired) electrons. The van der Waals surface area contributed by atoms with Crippen LogP contribution in [0.25, 0.3) is 5.57 Å². The molecule has 1 aliphatic carbocycles.